The molecule has 1 aromatic heterocycles. The van der Waals surface area contributed by atoms with Gasteiger partial charge in [-0.2, -0.15) is 0 Å². The van der Waals surface area contributed by atoms with Crippen LogP contribution in [0.25, 0.3) is 0 Å². The molecule has 1 aromatic rings. The van der Waals surface area contributed by atoms with Crippen LogP contribution in [0.2, 0.25) is 0 Å². The lowest BCUT2D eigenvalue weighted by Crippen LogP contribution is -2.33. The van der Waals surface area contributed by atoms with Crippen molar-refractivity contribution < 1.29 is 9.32 Å². The van der Waals surface area contributed by atoms with Crippen LogP contribution in [0, 0.1) is 0 Å². The van der Waals surface area contributed by atoms with Crippen molar-refractivity contribution in [2.24, 2.45) is 0 Å². The maximum absolute atomic E-state index is 11.9. The quantitative estimate of drug-likeness (QED) is 0.748. The van der Waals surface area contributed by atoms with E-state index >= 15 is 0 Å². The third kappa shape index (κ3) is 3.66. The van der Waals surface area contributed by atoms with Crippen LogP contribution in [0.4, 0.5) is 0 Å². The number of alkyl halides is 1. The molecule has 0 aliphatic carbocycles. The van der Waals surface area contributed by atoms with Gasteiger partial charge in [-0.15, -0.1) is 0 Å². The summed E-state index contributed by atoms with van der Waals surface area (Å²) in [7, 11) is 0. The van der Waals surface area contributed by atoms with E-state index in [0.29, 0.717) is 12.2 Å². The normalized spacial score (nSPS) is 10.3. The van der Waals surface area contributed by atoms with Crippen molar-refractivity contribution in [2.75, 3.05) is 18.4 Å². The lowest BCUT2D eigenvalue weighted by molar-refractivity contribution is 0.0754. The maximum atomic E-state index is 11.9. The number of nitrogens with zero attached hydrogens (tertiary/aromatic N) is 2. The molecule has 0 atom stereocenters. The first-order valence-corrected chi connectivity index (χ1v) is 6.17. The van der Waals surface area contributed by atoms with Gasteiger partial charge in [0.15, 0.2) is 5.69 Å². The summed E-state index contributed by atoms with van der Waals surface area (Å²) in [5, 5.41) is 4.42. The highest BCUT2D eigenvalue weighted by Crippen LogP contribution is 2.04. The number of halogens is 1. The second-order valence-electron chi connectivity index (χ2n) is 3.22. The van der Waals surface area contributed by atoms with Crippen LogP contribution >= 0.6 is 15.9 Å². The van der Waals surface area contributed by atoms with Crippen molar-refractivity contribution >= 4 is 21.8 Å². The Hall–Kier alpha value is -0.840. The third-order valence-electron chi connectivity index (χ3n) is 2.08. The van der Waals surface area contributed by atoms with Gasteiger partial charge in [-0.25, -0.2) is 0 Å². The van der Waals surface area contributed by atoms with E-state index < -0.39 is 0 Å². The highest BCUT2D eigenvalue weighted by molar-refractivity contribution is 9.09. The van der Waals surface area contributed by atoms with Gasteiger partial charge in [0.25, 0.3) is 5.91 Å². The van der Waals surface area contributed by atoms with E-state index in [9.17, 15) is 4.79 Å². The van der Waals surface area contributed by atoms with Crippen LogP contribution in [-0.2, 0) is 0 Å². The smallest absolute Gasteiger partial charge is 0.276 e. The van der Waals surface area contributed by atoms with Gasteiger partial charge in [0.05, 0.1) is 0 Å². The van der Waals surface area contributed by atoms with Gasteiger partial charge in [-0.05, 0) is 6.42 Å². The Morgan fingerprint density at radius 2 is 2.40 bits per heavy atom. The van der Waals surface area contributed by atoms with E-state index in [0.717, 1.165) is 24.7 Å². The molecule has 0 aliphatic rings. The van der Waals surface area contributed by atoms with Crippen LogP contribution in [0.1, 0.15) is 30.3 Å². The zero-order chi connectivity index (χ0) is 11.1. The number of unbranched alkanes of at least 4 members (excludes halogenated alkanes) is 1. The van der Waals surface area contributed by atoms with E-state index in [1.54, 1.807) is 11.0 Å². The third-order valence-corrected chi connectivity index (χ3v) is 2.43. The van der Waals surface area contributed by atoms with Crippen molar-refractivity contribution in [1.82, 2.24) is 10.1 Å². The number of carbonyl (C=O) groups excluding carboxylic acids is 1. The first-order valence-electron chi connectivity index (χ1n) is 5.05. The summed E-state index contributed by atoms with van der Waals surface area (Å²) in [6, 6.07) is 1.59. The standard InChI is InChI=1S/C10H15BrN2O2/c1-2-3-6-13(7-5-11)10(14)9-4-8-15-12-9/h4,8H,2-3,5-7H2,1H3. The predicted molar refractivity (Wildman–Crippen MR) is 61.1 cm³/mol. The highest BCUT2D eigenvalue weighted by atomic mass is 79.9. The number of amides is 1. The van der Waals surface area contributed by atoms with Gasteiger partial charge in [0.1, 0.15) is 6.26 Å². The van der Waals surface area contributed by atoms with Crippen LogP contribution in [0.15, 0.2) is 16.9 Å². The molecule has 0 fully saturated rings. The molecule has 1 heterocycles. The fourth-order valence-electron chi connectivity index (χ4n) is 1.25. The monoisotopic (exact) mass is 274 g/mol. The highest BCUT2D eigenvalue weighted by Gasteiger charge is 2.16. The second kappa shape index (κ2) is 6.61. The van der Waals surface area contributed by atoms with Gasteiger partial charge < -0.3 is 9.42 Å². The molecule has 15 heavy (non-hydrogen) atoms. The number of hydrogen-bond acceptors (Lipinski definition) is 3. The van der Waals surface area contributed by atoms with Crippen LogP contribution in [-0.4, -0.2) is 34.4 Å². The molecule has 0 bridgehead atoms. The van der Waals surface area contributed by atoms with Gasteiger partial charge in [0.2, 0.25) is 0 Å². The fraction of sp³-hybridized carbons (Fsp3) is 0.600. The SMILES string of the molecule is CCCCN(CCBr)C(=O)c1ccon1. The number of hydrogen-bond donors (Lipinski definition) is 0. The number of carbonyl (C=O) groups is 1. The number of aromatic nitrogens is 1. The molecule has 0 unspecified atom stereocenters. The Labute approximate surface area is 97.7 Å². The summed E-state index contributed by atoms with van der Waals surface area (Å²) in [6.45, 7) is 3.58. The molecule has 0 aromatic carbocycles. The summed E-state index contributed by atoms with van der Waals surface area (Å²) in [6.07, 6.45) is 3.50. The van der Waals surface area contributed by atoms with Crippen molar-refractivity contribution in [2.45, 2.75) is 19.8 Å². The molecule has 84 valence electrons. The van der Waals surface area contributed by atoms with E-state index in [2.05, 4.69) is 32.5 Å². The van der Waals surface area contributed by atoms with Crippen molar-refractivity contribution in [1.29, 1.82) is 0 Å². The minimum atomic E-state index is -0.0587. The molecule has 0 saturated carbocycles. The minimum Gasteiger partial charge on any atom is -0.364 e. The van der Waals surface area contributed by atoms with Gasteiger partial charge in [0, 0.05) is 24.5 Å². The molecule has 1 amide bonds. The van der Waals surface area contributed by atoms with Gasteiger partial charge in [-0.3, -0.25) is 4.79 Å². The molecular weight excluding hydrogens is 260 g/mol. The Morgan fingerprint density at radius 3 is 2.93 bits per heavy atom. The summed E-state index contributed by atoms with van der Waals surface area (Å²) >= 11 is 3.34. The van der Waals surface area contributed by atoms with Crippen molar-refractivity contribution in [3.8, 4) is 0 Å². The molecule has 1 rings (SSSR count). The Bertz CT molecular complexity index is 288. The van der Waals surface area contributed by atoms with E-state index in [4.69, 9.17) is 0 Å². The van der Waals surface area contributed by atoms with Crippen LogP contribution < -0.4 is 0 Å². The van der Waals surface area contributed by atoms with Crippen molar-refractivity contribution in [3.63, 3.8) is 0 Å². The Kier molecular flexibility index (Phi) is 5.39. The first-order chi connectivity index (χ1) is 7.29. The van der Waals surface area contributed by atoms with E-state index in [-0.39, 0.29) is 5.91 Å². The summed E-state index contributed by atoms with van der Waals surface area (Å²) in [4.78, 5) is 13.7. The van der Waals surface area contributed by atoms with Crippen molar-refractivity contribution in [3.05, 3.63) is 18.0 Å². The minimum absolute atomic E-state index is 0.0587. The topological polar surface area (TPSA) is 46.3 Å². The lowest BCUT2D eigenvalue weighted by atomic mass is 10.3. The fourth-order valence-corrected chi connectivity index (χ4v) is 1.68. The van der Waals surface area contributed by atoms with Gasteiger partial charge in [-0.1, -0.05) is 34.4 Å². The average Bonchev–Trinajstić information content (AvgIpc) is 2.76. The molecule has 5 heteroatoms. The number of rotatable bonds is 6. The largest absolute Gasteiger partial charge is 0.364 e. The molecule has 0 N–H and O–H groups in total. The lowest BCUT2D eigenvalue weighted by Gasteiger charge is -2.19. The summed E-state index contributed by atoms with van der Waals surface area (Å²) in [5.41, 5.74) is 0.382. The predicted octanol–water partition coefficient (Wildman–Crippen LogP) is 2.31. The summed E-state index contributed by atoms with van der Waals surface area (Å²) in [5.74, 6) is -0.0587. The molecular formula is C10H15BrN2O2. The molecule has 0 aliphatic heterocycles. The molecule has 0 spiro atoms. The second-order valence-corrected chi connectivity index (χ2v) is 4.01. The Balaban J connectivity index is 2.58. The zero-order valence-corrected chi connectivity index (χ0v) is 10.4. The van der Waals surface area contributed by atoms with Crippen LogP contribution in [0.5, 0.6) is 0 Å². The zero-order valence-electron chi connectivity index (χ0n) is 8.78. The van der Waals surface area contributed by atoms with E-state index in [1.165, 1.54) is 6.26 Å². The average molecular weight is 275 g/mol. The van der Waals surface area contributed by atoms with Gasteiger partial charge >= 0.3 is 0 Å². The molecule has 0 saturated heterocycles. The molecule has 0 radical (unpaired) electrons. The summed E-state index contributed by atoms with van der Waals surface area (Å²) < 4.78 is 4.66. The maximum Gasteiger partial charge on any atom is 0.276 e. The molecule has 4 nitrogen and oxygen atoms in total. The Morgan fingerprint density at radius 1 is 1.60 bits per heavy atom. The van der Waals surface area contributed by atoms with E-state index in [1.807, 2.05) is 0 Å². The van der Waals surface area contributed by atoms with Crippen LogP contribution in [0.3, 0.4) is 0 Å². The first kappa shape index (κ1) is 12.2.